The zero-order chi connectivity index (χ0) is 21.9. The zero-order valence-corrected chi connectivity index (χ0v) is 18.1. The van der Waals surface area contributed by atoms with E-state index in [0.717, 1.165) is 16.8 Å². The lowest BCUT2D eigenvalue weighted by Gasteiger charge is -2.16. The molecule has 0 saturated carbocycles. The normalized spacial score (nSPS) is 16.2. The van der Waals surface area contributed by atoms with E-state index >= 15 is 0 Å². The molecule has 1 unspecified atom stereocenters. The van der Waals surface area contributed by atoms with Gasteiger partial charge in [-0.15, -0.1) is 10.2 Å². The number of pyridine rings is 1. The molecule has 4 aromatic rings. The van der Waals surface area contributed by atoms with Crippen molar-refractivity contribution in [2.24, 2.45) is 0 Å². The summed E-state index contributed by atoms with van der Waals surface area (Å²) in [7, 11) is 3.42. The SMILES string of the molecule is COC(C)c1nc(-c2ccc3c(c2)C(C)(C)C(=O)N3C)n(-c2nc3ccccn3n2)n1. The minimum Gasteiger partial charge on any atom is -0.374 e. The Balaban J connectivity index is 1.70. The van der Waals surface area contributed by atoms with Crippen LogP contribution in [0.5, 0.6) is 0 Å². The van der Waals surface area contributed by atoms with Gasteiger partial charge in [0.25, 0.3) is 5.95 Å². The lowest BCUT2D eigenvalue weighted by Crippen LogP contribution is -2.33. The minimum atomic E-state index is -0.616. The van der Waals surface area contributed by atoms with Crippen LogP contribution in [0.25, 0.3) is 23.0 Å². The van der Waals surface area contributed by atoms with E-state index in [1.807, 2.05) is 63.4 Å². The number of carbonyl (C=O) groups is 1. The number of methoxy groups -OCH3 is 1. The molecule has 3 aromatic heterocycles. The summed E-state index contributed by atoms with van der Waals surface area (Å²) in [5.74, 6) is 1.60. The van der Waals surface area contributed by atoms with E-state index in [2.05, 4.69) is 15.2 Å². The highest BCUT2D eigenvalue weighted by molar-refractivity contribution is 6.07. The highest BCUT2D eigenvalue weighted by atomic mass is 16.5. The van der Waals surface area contributed by atoms with Gasteiger partial charge in [-0.25, -0.2) is 9.50 Å². The van der Waals surface area contributed by atoms with Gasteiger partial charge in [-0.1, -0.05) is 6.07 Å². The third-order valence-electron chi connectivity index (χ3n) is 5.89. The maximum atomic E-state index is 12.7. The van der Waals surface area contributed by atoms with E-state index in [0.29, 0.717) is 23.2 Å². The molecule has 1 aliphatic heterocycles. The second-order valence-corrected chi connectivity index (χ2v) is 8.22. The number of aromatic nitrogens is 6. The van der Waals surface area contributed by atoms with Crippen LogP contribution in [0.15, 0.2) is 42.6 Å². The number of anilines is 1. The number of amides is 1. The summed E-state index contributed by atoms with van der Waals surface area (Å²) in [5.41, 5.74) is 2.78. The first kappa shape index (κ1) is 19.4. The van der Waals surface area contributed by atoms with Crippen molar-refractivity contribution < 1.29 is 9.53 Å². The van der Waals surface area contributed by atoms with Crippen molar-refractivity contribution in [1.29, 1.82) is 0 Å². The van der Waals surface area contributed by atoms with E-state index in [4.69, 9.17) is 9.72 Å². The van der Waals surface area contributed by atoms with E-state index in [1.165, 1.54) is 0 Å². The molecule has 0 fully saturated rings. The van der Waals surface area contributed by atoms with Crippen molar-refractivity contribution in [3.63, 3.8) is 0 Å². The summed E-state index contributed by atoms with van der Waals surface area (Å²) >= 11 is 0. The first-order chi connectivity index (χ1) is 14.8. The third-order valence-corrected chi connectivity index (χ3v) is 5.89. The molecule has 0 spiro atoms. The van der Waals surface area contributed by atoms with Gasteiger partial charge in [0.1, 0.15) is 6.10 Å². The number of ether oxygens (including phenoxy) is 1. The number of rotatable bonds is 4. The van der Waals surface area contributed by atoms with E-state index in [1.54, 1.807) is 28.3 Å². The number of hydrogen-bond donors (Lipinski definition) is 0. The molecule has 9 heteroatoms. The highest BCUT2D eigenvalue weighted by Gasteiger charge is 2.42. The quantitative estimate of drug-likeness (QED) is 0.507. The molecule has 1 aromatic carbocycles. The monoisotopic (exact) mass is 417 g/mol. The van der Waals surface area contributed by atoms with Gasteiger partial charge in [-0.2, -0.15) is 9.67 Å². The Labute approximate surface area is 179 Å². The molecule has 1 atom stereocenters. The first-order valence-corrected chi connectivity index (χ1v) is 10.1. The van der Waals surface area contributed by atoms with Crippen molar-refractivity contribution in [3.8, 4) is 17.3 Å². The molecule has 9 nitrogen and oxygen atoms in total. The van der Waals surface area contributed by atoms with Gasteiger partial charge in [0.2, 0.25) is 5.91 Å². The fourth-order valence-electron chi connectivity index (χ4n) is 3.95. The van der Waals surface area contributed by atoms with Crippen LogP contribution in [0.3, 0.4) is 0 Å². The average molecular weight is 417 g/mol. The van der Waals surface area contributed by atoms with Crippen molar-refractivity contribution in [2.75, 3.05) is 19.1 Å². The van der Waals surface area contributed by atoms with Crippen molar-refractivity contribution in [3.05, 3.63) is 54.0 Å². The second kappa shape index (κ2) is 6.71. The Hall–Kier alpha value is -3.59. The summed E-state index contributed by atoms with van der Waals surface area (Å²) in [4.78, 5) is 23.8. The second-order valence-electron chi connectivity index (χ2n) is 8.22. The Morgan fingerprint density at radius 1 is 1.10 bits per heavy atom. The van der Waals surface area contributed by atoms with Gasteiger partial charge in [0.15, 0.2) is 17.3 Å². The topological polar surface area (TPSA) is 90.4 Å². The smallest absolute Gasteiger partial charge is 0.272 e. The van der Waals surface area contributed by atoms with Gasteiger partial charge in [0, 0.05) is 31.6 Å². The number of benzene rings is 1. The molecule has 158 valence electrons. The van der Waals surface area contributed by atoms with Crippen LogP contribution in [0.2, 0.25) is 0 Å². The van der Waals surface area contributed by atoms with Gasteiger partial charge < -0.3 is 9.64 Å². The zero-order valence-electron chi connectivity index (χ0n) is 18.1. The summed E-state index contributed by atoms with van der Waals surface area (Å²) < 4.78 is 8.76. The number of likely N-dealkylation sites (N-methyl/N-ethyl adjacent to an activating group) is 1. The predicted octanol–water partition coefficient (Wildman–Crippen LogP) is 2.94. The summed E-state index contributed by atoms with van der Waals surface area (Å²) in [5, 5.41) is 9.20. The largest absolute Gasteiger partial charge is 0.374 e. The summed E-state index contributed by atoms with van der Waals surface area (Å²) in [6.45, 7) is 5.77. The molecule has 0 N–H and O–H groups in total. The number of nitrogens with zero attached hydrogens (tertiary/aromatic N) is 7. The fourth-order valence-corrected chi connectivity index (χ4v) is 3.95. The van der Waals surface area contributed by atoms with E-state index in [9.17, 15) is 4.79 Å². The molecule has 1 aliphatic rings. The van der Waals surface area contributed by atoms with Crippen molar-refractivity contribution in [1.82, 2.24) is 29.4 Å². The van der Waals surface area contributed by atoms with Gasteiger partial charge >= 0.3 is 0 Å². The van der Waals surface area contributed by atoms with Crippen LogP contribution in [-0.2, 0) is 14.9 Å². The van der Waals surface area contributed by atoms with Gasteiger partial charge in [-0.05, 0) is 56.7 Å². The molecule has 4 heterocycles. The molecule has 1 amide bonds. The summed E-state index contributed by atoms with van der Waals surface area (Å²) in [6, 6.07) is 11.6. The Kier molecular flexibility index (Phi) is 4.19. The Morgan fingerprint density at radius 3 is 2.65 bits per heavy atom. The molecule has 31 heavy (non-hydrogen) atoms. The maximum absolute atomic E-state index is 12.7. The van der Waals surface area contributed by atoms with Crippen LogP contribution in [0.1, 0.15) is 38.3 Å². The Morgan fingerprint density at radius 2 is 1.90 bits per heavy atom. The molecule has 0 bridgehead atoms. The van der Waals surface area contributed by atoms with E-state index < -0.39 is 5.41 Å². The van der Waals surface area contributed by atoms with E-state index in [-0.39, 0.29) is 12.0 Å². The van der Waals surface area contributed by atoms with Gasteiger partial charge in [-0.3, -0.25) is 4.79 Å². The molecule has 0 aliphatic carbocycles. The van der Waals surface area contributed by atoms with Crippen LogP contribution < -0.4 is 4.90 Å². The molecule has 0 radical (unpaired) electrons. The summed E-state index contributed by atoms with van der Waals surface area (Å²) in [6.07, 6.45) is 1.54. The number of hydrogen-bond acceptors (Lipinski definition) is 6. The van der Waals surface area contributed by atoms with Crippen LogP contribution in [0, 0.1) is 0 Å². The average Bonchev–Trinajstić information content (AvgIpc) is 3.44. The van der Waals surface area contributed by atoms with Crippen LogP contribution in [0.4, 0.5) is 5.69 Å². The molecular formula is C22H23N7O2. The lowest BCUT2D eigenvalue weighted by atomic mass is 9.85. The van der Waals surface area contributed by atoms with Gasteiger partial charge in [0.05, 0.1) is 5.41 Å². The fraction of sp³-hybridized carbons (Fsp3) is 0.318. The number of fused-ring (bicyclic) bond motifs is 2. The lowest BCUT2D eigenvalue weighted by molar-refractivity contribution is -0.121. The van der Waals surface area contributed by atoms with Crippen LogP contribution >= 0.6 is 0 Å². The minimum absolute atomic E-state index is 0.0665. The first-order valence-electron chi connectivity index (χ1n) is 10.1. The van der Waals surface area contributed by atoms with Crippen LogP contribution in [-0.4, -0.2) is 49.4 Å². The Bertz CT molecular complexity index is 1290. The molecular weight excluding hydrogens is 394 g/mol. The van der Waals surface area contributed by atoms with Crippen molar-refractivity contribution in [2.45, 2.75) is 32.3 Å². The standard InChI is InChI=1S/C22H23N7O2/c1-13(31-5)18-24-19(29(25-18)21-23-17-8-6-7-11-28(17)26-21)14-9-10-16-15(12-14)22(2,3)20(30)27(16)4/h6-13H,1-5H3. The highest BCUT2D eigenvalue weighted by Crippen LogP contribution is 2.42. The molecule has 0 saturated heterocycles. The third kappa shape index (κ3) is 2.84. The number of carbonyl (C=O) groups excluding carboxylic acids is 1. The van der Waals surface area contributed by atoms with Crippen molar-refractivity contribution >= 4 is 17.2 Å². The molecule has 5 rings (SSSR count). The maximum Gasteiger partial charge on any atom is 0.272 e. The predicted molar refractivity (Wildman–Crippen MR) is 115 cm³/mol.